The average molecular weight is 438 g/mol. The summed E-state index contributed by atoms with van der Waals surface area (Å²) >= 11 is 5.93. The van der Waals surface area contributed by atoms with E-state index in [1.165, 1.54) is 12.1 Å². The SMILES string of the molecule is CC[C@H](C)Nc1nc(Nc2ccc(OC(F)(F)F)c(Cl)c2)cc(-c2cccnc2)n1. The predicted molar refractivity (Wildman–Crippen MR) is 110 cm³/mol. The molecule has 0 saturated carbocycles. The molecule has 0 aliphatic carbocycles. The Kier molecular flexibility index (Phi) is 6.61. The molecule has 0 saturated heterocycles. The molecular formula is C20H19ClF3N5O. The van der Waals surface area contributed by atoms with Gasteiger partial charge in [-0.3, -0.25) is 4.98 Å². The minimum absolute atomic E-state index is 0.148. The number of rotatable bonds is 7. The molecule has 10 heteroatoms. The molecule has 0 radical (unpaired) electrons. The Morgan fingerprint density at radius 3 is 2.60 bits per heavy atom. The van der Waals surface area contributed by atoms with Gasteiger partial charge in [-0.05, 0) is 43.7 Å². The van der Waals surface area contributed by atoms with Gasteiger partial charge in [0.15, 0.2) is 0 Å². The molecule has 0 spiro atoms. The Bertz CT molecular complexity index is 1000. The second-order valence-corrected chi connectivity index (χ2v) is 6.88. The van der Waals surface area contributed by atoms with Crippen molar-refractivity contribution in [2.45, 2.75) is 32.7 Å². The summed E-state index contributed by atoms with van der Waals surface area (Å²) < 4.78 is 41.2. The Balaban J connectivity index is 1.91. The molecule has 0 bridgehead atoms. The maximum atomic E-state index is 12.4. The Morgan fingerprint density at radius 2 is 1.97 bits per heavy atom. The largest absolute Gasteiger partial charge is 0.573 e. The third-order valence-corrected chi connectivity index (χ3v) is 4.40. The van der Waals surface area contributed by atoms with Gasteiger partial charge in [0.2, 0.25) is 5.95 Å². The summed E-state index contributed by atoms with van der Waals surface area (Å²) in [4.78, 5) is 13.1. The van der Waals surface area contributed by atoms with E-state index in [1.807, 2.05) is 19.9 Å². The molecule has 158 valence electrons. The molecule has 0 fully saturated rings. The van der Waals surface area contributed by atoms with E-state index < -0.39 is 12.1 Å². The summed E-state index contributed by atoms with van der Waals surface area (Å²) in [5.41, 5.74) is 1.87. The lowest BCUT2D eigenvalue weighted by molar-refractivity contribution is -0.274. The molecule has 3 rings (SSSR count). The fraction of sp³-hybridized carbons (Fsp3) is 0.250. The fourth-order valence-electron chi connectivity index (χ4n) is 2.49. The Hall–Kier alpha value is -3.07. The molecule has 2 aromatic heterocycles. The fourth-order valence-corrected chi connectivity index (χ4v) is 2.71. The van der Waals surface area contributed by atoms with Crippen LogP contribution in [0, 0.1) is 0 Å². The summed E-state index contributed by atoms with van der Waals surface area (Å²) in [7, 11) is 0. The number of halogens is 4. The van der Waals surface area contributed by atoms with E-state index in [9.17, 15) is 13.2 Å². The van der Waals surface area contributed by atoms with Crippen molar-refractivity contribution in [1.29, 1.82) is 0 Å². The average Bonchev–Trinajstić information content (AvgIpc) is 2.69. The molecule has 2 N–H and O–H groups in total. The van der Waals surface area contributed by atoms with Crippen molar-refractivity contribution < 1.29 is 17.9 Å². The van der Waals surface area contributed by atoms with E-state index in [1.54, 1.807) is 24.5 Å². The number of anilines is 3. The number of nitrogens with one attached hydrogen (secondary N) is 2. The van der Waals surface area contributed by atoms with Gasteiger partial charge in [-0.15, -0.1) is 13.2 Å². The van der Waals surface area contributed by atoms with E-state index in [-0.39, 0.29) is 11.1 Å². The van der Waals surface area contributed by atoms with Crippen molar-refractivity contribution in [2.24, 2.45) is 0 Å². The van der Waals surface area contributed by atoms with Gasteiger partial charge in [0.1, 0.15) is 11.6 Å². The van der Waals surface area contributed by atoms with Crippen LogP contribution in [0.4, 0.5) is 30.6 Å². The van der Waals surface area contributed by atoms with Gasteiger partial charge in [-0.2, -0.15) is 4.98 Å². The summed E-state index contributed by atoms with van der Waals surface area (Å²) in [5.74, 6) is 0.374. The number of hydrogen-bond donors (Lipinski definition) is 2. The standard InChI is InChI=1S/C20H19ClF3N5O/c1-3-12(2)26-19-28-16(13-5-4-8-25-11-13)10-18(29-19)27-14-6-7-17(15(21)9-14)30-20(22,23)24/h4-12H,3H2,1-2H3,(H2,26,27,28,29)/t12-/m0/s1. The number of aromatic nitrogens is 3. The normalized spacial score (nSPS) is 12.3. The van der Waals surface area contributed by atoms with Crippen LogP contribution in [0.1, 0.15) is 20.3 Å². The first-order valence-electron chi connectivity index (χ1n) is 9.12. The predicted octanol–water partition coefficient (Wildman–Crippen LogP) is 6.04. The van der Waals surface area contributed by atoms with Crippen LogP contribution in [0.5, 0.6) is 5.75 Å². The quantitative estimate of drug-likeness (QED) is 0.469. The van der Waals surface area contributed by atoms with Crippen LogP contribution in [-0.2, 0) is 0 Å². The number of alkyl halides is 3. The summed E-state index contributed by atoms with van der Waals surface area (Å²) in [5, 5.41) is 6.08. The molecular weight excluding hydrogens is 419 g/mol. The summed E-state index contributed by atoms with van der Waals surface area (Å²) in [6.45, 7) is 4.04. The summed E-state index contributed by atoms with van der Waals surface area (Å²) in [6, 6.07) is 9.41. The zero-order valence-electron chi connectivity index (χ0n) is 16.2. The van der Waals surface area contributed by atoms with Gasteiger partial charge in [0.25, 0.3) is 0 Å². The first kappa shape index (κ1) is 21.6. The molecule has 1 aromatic carbocycles. The molecule has 30 heavy (non-hydrogen) atoms. The van der Waals surface area contributed by atoms with Gasteiger partial charge in [-0.25, -0.2) is 4.98 Å². The second kappa shape index (κ2) is 9.17. The monoisotopic (exact) mass is 437 g/mol. The van der Waals surface area contributed by atoms with Crippen molar-refractivity contribution in [1.82, 2.24) is 15.0 Å². The first-order chi connectivity index (χ1) is 14.2. The number of benzene rings is 1. The van der Waals surface area contributed by atoms with Crippen molar-refractivity contribution >= 4 is 29.1 Å². The lowest BCUT2D eigenvalue weighted by Crippen LogP contribution is -2.17. The van der Waals surface area contributed by atoms with E-state index in [0.29, 0.717) is 23.1 Å². The highest BCUT2D eigenvalue weighted by molar-refractivity contribution is 6.32. The maximum absolute atomic E-state index is 12.4. The molecule has 3 aromatic rings. The number of nitrogens with zero attached hydrogens (tertiary/aromatic N) is 3. The first-order valence-corrected chi connectivity index (χ1v) is 9.49. The highest BCUT2D eigenvalue weighted by atomic mass is 35.5. The van der Waals surface area contributed by atoms with E-state index >= 15 is 0 Å². The number of ether oxygens (including phenoxy) is 1. The molecule has 1 atom stereocenters. The molecule has 0 amide bonds. The van der Waals surface area contributed by atoms with E-state index in [4.69, 9.17) is 11.6 Å². The smallest absolute Gasteiger partial charge is 0.404 e. The molecule has 6 nitrogen and oxygen atoms in total. The van der Waals surface area contributed by atoms with Crippen LogP contribution in [0.25, 0.3) is 11.3 Å². The van der Waals surface area contributed by atoms with Gasteiger partial charge in [-0.1, -0.05) is 18.5 Å². The summed E-state index contributed by atoms with van der Waals surface area (Å²) in [6.07, 6.45) is -0.603. The van der Waals surface area contributed by atoms with Gasteiger partial charge < -0.3 is 15.4 Å². The van der Waals surface area contributed by atoms with Gasteiger partial charge in [0, 0.05) is 35.8 Å². The number of hydrogen-bond acceptors (Lipinski definition) is 6. The van der Waals surface area contributed by atoms with Crippen LogP contribution in [0.3, 0.4) is 0 Å². The third kappa shape index (κ3) is 5.96. The van der Waals surface area contributed by atoms with Crippen LogP contribution in [-0.4, -0.2) is 27.4 Å². The zero-order valence-corrected chi connectivity index (χ0v) is 16.9. The van der Waals surface area contributed by atoms with Gasteiger partial charge in [0.05, 0.1) is 10.7 Å². The highest BCUT2D eigenvalue weighted by Gasteiger charge is 2.32. The molecule has 2 heterocycles. The van der Waals surface area contributed by atoms with Crippen LogP contribution >= 0.6 is 11.6 Å². The van der Waals surface area contributed by atoms with Crippen molar-refractivity contribution in [2.75, 3.05) is 10.6 Å². The van der Waals surface area contributed by atoms with Crippen molar-refractivity contribution in [3.05, 3.63) is 53.8 Å². The Labute approximate surface area is 176 Å². The lowest BCUT2D eigenvalue weighted by Gasteiger charge is -2.15. The lowest BCUT2D eigenvalue weighted by atomic mass is 10.2. The topological polar surface area (TPSA) is 72.0 Å². The van der Waals surface area contributed by atoms with E-state index in [0.717, 1.165) is 18.1 Å². The zero-order chi connectivity index (χ0) is 21.7. The van der Waals surface area contributed by atoms with Crippen LogP contribution < -0.4 is 15.4 Å². The minimum atomic E-state index is -4.82. The number of pyridine rings is 1. The molecule has 0 unspecified atom stereocenters. The van der Waals surface area contributed by atoms with Crippen molar-refractivity contribution in [3.63, 3.8) is 0 Å². The maximum Gasteiger partial charge on any atom is 0.573 e. The second-order valence-electron chi connectivity index (χ2n) is 6.48. The molecule has 0 aliphatic heterocycles. The van der Waals surface area contributed by atoms with E-state index in [2.05, 4.69) is 30.3 Å². The van der Waals surface area contributed by atoms with Crippen LogP contribution in [0.15, 0.2) is 48.8 Å². The Morgan fingerprint density at radius 1 is 1.17 bits per heavy atom. The minimum Gasteiger partial charge on any atom is -0.404 e. The molecule has 0 aliphatic rings. The highest BCUT2D eigenvalue weighted by Crippen LogP contribution is 2.33. The van der Waals surface area contributed by atoms with Crippen molar-refractivity contribution in [3.8, 4) is 17.0 Å². The third-order valence-electron chi connectivity index (χ3n) is 4.10. The van der Waals surface area contributed by atoms with Gasteiger partial charge >= 0.3 is 6.36 Å². The van der Waals surface area contributed by atoms with Crippen LogP contribution in [0.2, 0.25) is 5.02 Å².